The Hall–Kier alpha value is -1.98. The minimum atomic E-state index is -5.92. The molecule has 1 rings (SSSR count). The van der Waals surface area contributed by atoms with Crippen molar-refractivity contribution in [1.29, 1.82) is 0 Å². The van der Waals surface area contributed by atoms with Crippen molar-refractivity contribution >= 4 is 21.4 Å². The number of halogens is 6. The molecule has 0 amide bonds. The average Bonchev–Trinajstić information content (AvgIpc) is 2.44. The Morgan fingerprint density at radius 3 is 2.23 bits per heavy atom. The highest BCUT2D eigenvalue weighted by Gasteiger charge is 2.46. The maximum absolute atomic E-state index is 12.8. The number of benzene rings is 1. The highest BCUT2D eigenvalue weighted by atomic mass is 32.2. The molecule has 148 valence electrons. The first-order valence-corrected chi connectivity index (χ1v) is 8.60. The van der Waals surface area contributed by atoms with Crippen LogP contribution in [-0.4, -0.2) is 26.2 Å². The second kappa shape index (κ2) is 7.72. The molecule has 0 heterocycles. The Bertz CT molecular complexity index is 770. The van der Waals surface area contributed by atoms with Gasteiger partial charge in [0.2, 0.25) is 0 Å². The van der Waals surface area contributed by atoms with Gasteiger partial charge in [0.15, 0.2) is 0 Å². The van der Waals surface area contributed by atoms with Crippen LogP contribution < -0.4 is 4.72 Å². The summed E-state index contributed by atoms with van der Waals surface area (Å²) < 4.78 is 99.7. The third-order valence-corrected chi connectivity index (χ3v) is 3.99. The zero-order chi connectivity index (χ0) is 20.3. The first-order valence-electron chi connectivity index (χ1n) is 7.12. The zero-order valence-corrected chi connectivity index (χ0v) is 14.7. The molecule has 5 nitrogen and oxygen atoms in total. The maximum atomic E-state index is 12.8. The monoisotopic (exact) mass is 406 g/mol. The molecule has 0 radical (unpaired) electrons. The van der Waals surface area contributed by atoms with E-state index < -0.39 is 33.0 Å². The van der Waals surface area contributed by atoms with E-state index in [1.807, 2.05) is 0 Å². The van der Waals surface area contributed by atoms with Crippen LogP contribution in [0.2, 0.25) is 0 Å². The Kier molecular flexibility index (Phi) is 6.55. The summed E-state index contributed by atoms with van der Waals surface area (Å²) in [5.74, 6) is 0.0716. The van der Waals surface area contributed by atoms with Gasteiger partial charge in [0, 0.05) is 5.56 Å². The number of hydrogen-bond donors (Lipinski definition) is 1. The van der Waals surface area contributed by atoms with Crippen molar-refractivity contribution in [3.63, 3.8) is 0 Å². The smallest absolute Gasteiger partial charge is 0.395 e. The van der Waals surface area contributed by atoms with Crippen LogP contribution in [0.5, 0.6) is 0 Å². The van der Waals surface area contributed by atoms with Crippen molar-refractivity contribution in [2.75, 3.05) is 11.3 Å². The van der Waals surface area contributed by atoms with Crippen molar-refractivity contribution in [2.24, 2.45) is 11.1 Å². The fourth-order valence-electron chi connectivity index (χ4n) is 1.66. The van der Waals surface area contributed by atoms with Crippen LogP contribution in [0.3, 0.4) is 0 Å². The fourth-order valence-corrected chi connectivity index (χ4v) is 2.23. The zero-order valence-electron chi connectivity index (χ0n) is 13.9. The standard InChI is InChI=1S/C14H16F6N2O3S/c1-8(2)7-25-21-9(3)11-5-4-10(13(15,16)17)6-12(11)22-26(23,24)14(18,19)20/h4-6,8,22H,7H2,1-3H3. The van der Waals surface area contributed by atoms with E-state index in [1.54, 1.807) is 13.8 Å². The molecule has 0 saturated carbocycles. The summed E-state index contributed by atoms with van der Waals surface area (Å²) in [5, 5.41) is 3.60. The molecule has 0 fully saturated rings. The summed E-state index contributed by atoms with van der Waals surface area (Å²) in [6.07, 6.45) is -4.88. The van der Waals surface area contributed by atoms with Crippen molar-refractivity contribution in [3.8, 4) is 0 Å². The van der Waals surface area contributed by atoms with Crippen LogP contribution in [0.4, 0.5) is 32.0 Å². The van der Waals surface area contributed by atoms with Crippen LogP contribution in [0.15, 0.2) is 23.4 Å². The molecule has 0 aliphatic rings. The molecule has 0 aliphatic carbocycles. The number of nitrogens with one attached hydrogen (secondary N) is 1. The summed E-state index contributed by atoms with van der Waals surface area (Å²) >= 11 is 0. The molecule has 0 bridgehead atoms. The highest BCUT2D eigenvalue weighted by Crippen LogP contribution is 2.34. The lowest BCUT2D eigenvalue weighted by Crippen LogP contribution is -2.30. The lowest BCUT2D eigenvalue weighted by molar-refractivity contribution is -0.137. The van der Waals surface area contributed by atoms with Gasteiger partial charge >= 0.3 is 21.7 Å². The van der Waals surface area contributed by atoms with E-state index in [9.17, 15) is 34.8 Å². The molecule has 26 heavy (non-hydrogen) atoms. The fraction of sp³-hybridized carbons (Fsp3) is 0.500. The summed E-state index contributed by atoms with van der Waals surface area (Å²) in [4.78, 5) is 4.93. The molecule has 12 heteroatoms. The van der Waals surface area contributed by atoms with Crippen molar-refractivity contribution in [2.45, 2.75) is 32.5 Å². The van der Waals surface area contributed by atoms with Gasteiger partial charge in [-0.25, -0.2) is 0 Å². The first kappa shape index (κ1) is 22.1. The van der Waals surface area contributed by atoms with E-state index in [0.717, 1.165) is 10.8 Å². The summed E-state index contributed by atoms with van der Waals surface area (Å²) in [6.45, 7) is 5.01. The molecule has 1 N–H and O–H groups in total. The van der Waals surface area contributed by atoms with Gasteiger partial charge in [-0.1, -0.05) is 25.1 Å². The van der Waals surface area contributed by atoms with Crippen LogP contribution in [0.1, 0.15) is 31.9 Å². The number of oxime groups is 1. The molecule has 1 aromatic carbocycles. The molecule has 0 unspecified atom stereocenters. The van der Waals surface area contributed by atoms with E-state index in [-0.39, 0.29) is 29.9 Å². The van der Waals surface area contributed by atoms with E-state index in [2.05, 4.69) is 5.16 Å². The van der Waals surface area contributed by atoms with Crippen molar-refractivity contribution in [3.05, 3.63) is 29.3 Å². The summed E-state index contributed by atoms with van der Waals surface area (Å²) in [6, 6.07) is 1.68. The molecule has 0 aliphatic heterocycles. The number of alkyl halides is 6. The van der Waals surface area contributed by atoms with Gasteiger partial charge in [0.05, 0.1) is 17.0 Å². The number of nitrogens with zero attached hydrogens (tertiary/aromatic N) is 1. The normalized spacial score (nSPS) is 13.8. The first-order chi connectivity index (χ1) is 11.6. The van der Waals surface area contributed by atoms with Crippen molar-refractivity contribution in [1.82, 2.24) is 0 Å². The number of sulfonamides is 1. The van der Waals surface area contributed by atoms with Gasteiger partial charge in [-0.3, -0.25) is 4.72 Å². The minimum absolute atomic E-state index is 0.0716. The second-order valence-corrected chi connectivity index (χ2v) is 7.35. The Morgan fingerprint density at radius 2 is 1.77 bits per heavy atom. The Morgan fingerprint density at radius 1 is 1.19 bits per heavy atom. The summed E-state index contributed by atoms with van der Waals surface area (Å²) in [5.41, 5.74) is -8.31. The van der Waals surface area contributed by atoms with E-state index in [4.69, 9.17) is 4.84 Å². The highest BCUT2D eigenvalue weighted by molar-refractivity contribution is 7.93. The SMILES string of the molecule is CC(=NOCC(C)C)c1ccc(C(F)(F)F)cc1NS(=O)(=O)C(F)(F)F. The quantitative estimate of drug-likeness (QED) is 0.434. The number of anilines is 1. The van der Waals surface area contributed by atoms with Crippen LogP contribution in [0.25, 0.3) is 0 Å². The molecule has 0 spiro atoms. The molecule has 0 saturated heterocycles. The molecule has 0 atom stereocenters. The van der Waals surface area contributed by atoms with E-state index >= 15 is 0 Å². The van der Waals surface area contributed by atoms with Crippen molar-refractivity contribution < 1.29 is 39.6 Å². The largest absolute Gasteiger partial charge is 0.516 e. The van der Waals surface area contributed by atoms with Crippen LogP contribution in [0, 0.1) is 5.92 Å². The molecule has 0 aromatic heterocycles. The topological polar surface area (TPSA) is 67.8 Å². The lowest BCUT2D eigenvalue weighted by atomic mass is 10.1. The van der Waals surface area contributed by atoms with Gasteiger partial charge in [0.1, 0.15) is 6.61 Å². The van der Waals surface area contributed by atoms with Gasteiger partial charge < -0.3 is 4.84 Å². The molecular weight excluding hydrogens is 390 g/mol. The second-order valence-electron chi connectivity index (χ2n) is 5.68. The van der Waals surface area contributed by atoms with Gasteiger partial charge in [-0.05, 0) is 25.0 Å². The summed E-state index contributed by atoms with van der Waals surface area (Å²) in [7, 11) is -5.92. The van der Waals surface area contributed by atoms with Crippen LogP contribution in [-0.2, 0) is 21.0 Å². The molecule has 1 aromatic rings. The minimum Gasteiger partial charge on any atom is -0.395 e. The van der Waals surface area contributed by atoms with Gasteiger partial charge in [0.25, 0.3) is 0 Å². The lowest BCUT2D eigenvalue weighted by Gasteiger charge is -2.16. The van der Waals surface area contributed by atoms with E-state index in [1.165, 1.54) is 6.92 Å². The third kappa shape index (κ3) is 5.78. The third-order valence-electron chi connectivity index (χ3n) is 2.90. The van der Waals surface area contributed by atoms with E-state index in [0.29, 0.717) is 6.07 Å². The average molecular weight is 406 g/mol. The molecular formula is C14H16F6N2O3S. The number of hydrogen-bond acceptors (Lipinski definition) is 4. The van der Waals surface area contributed by atoms with Gasteiger partial charge in [-0.15, -0.1) is 0 Å². The number of rotatable bonds is 6. The Balaban J connectivity index is 3.38. The van der Waals surface area contributed by atoms with Crippen LogP contribution >= 0.6 is 0 Å². The van der Waals surface area contributed by atoms with Gasteiger partial charge in [-0.2, -0.15) is 34.8 Å². The predicted octanol–water partition coefficient (Wildman–Crippen LogP) is 4.36. The predicted molar refractivity (Wildman–Crippen MR) is 83.0 cm³/mol. The Labute approximate surface area is 146 Å². The maximum Gasteiger partial charge on any atom is 0.516 e.